The van der Waals surface area contributed by atoms with Gasteiger partial charge in [-0.15, -0.1) is 0 Å². The first-order valence-electron chi connectivity index (χ1n) is 9.89. The van der Waals surface area contributed by atoms with E-state index < -0.39 is 0 Å². The number of Topliss-reactive ketones (excluding diaryl/α,β-unsaturated/α-hetero) is 1. The first-order chi connectivity index (χ1) is 14.2. The molecule has 3 aromatic carbocycles. The zero-order valence-electron chi connectivity index (χ0n) is 16.7. The lowest BCUT2D eigenvalue weighted by atomic mass is 9.98. The second-order valence-electron chi connectivity index (χ2n) is 7.06. The van der Waals surface area contributed by atoms with Gasteiger partial charge in [0, 0.05) is 35.2 Å². The molecule has 0 unspecified atom stereocenters. The van der Waals surface area contributed by atoms with Gasteiger partial charge in [-0.25, -0.2) is 0 Å². The van der Waals surface area contributed by atoms with Crippen molar-refractivity contribution in [1.82, 2.24) is 0 Å². The van der Waals surface area contributed by atoms with Crippen LogP contribution in [0.1, 0.15) is 34.7 Å². The molecule has 5 heteroatoms. The predicted octanol–water partition coefficient (Wildman–Crippen LogP) is 4.75. The number of carbonyl (C=O) groups excluding carboxylic acids is 1. The molecule has 150 valence electrons. The Morgan fingerprint density at radius 3 is 2.52 bits per heavy atom. The highest BCUT2D eigenvalue weighted by Crippen LogP contribution is 2.30. The van der Waals surface area contributed by atoms with Crippen LogP contribution in [0.3, 0.4) is 0 Å². The van der Waals surface area contributed by atoms with Crippen LogP contribution >= 0.6 is 0 Å². The molecule has 0 radical (unpaired) electrons. The number of methoxy groups -OCH3 is 1. The van der Waals surface area contributed by atoms with Crippen LogP contribution in [0.25, 0.3) is 10.8 Å². The summed E-state index contributed by atoms with van der Waals surface area (Å²) in [7, 11) is 1.65. The number of rotatable bonds is 7. The van der Waals surface area contributed by atoms with E-state index in [0.717, 1.165) is 39.9 Å². The van der Waals surface area contributed by atoms with Gasteiger partial charge in [0.25, 0.3) is 0 Å². The molecule has 1 heterocycles. The van der Waals surface area contributed by atoms with E-state index in [9.17, 15) is 4.79 Å². The van der Waals surface area contributed by atoms with Crippen LogP contribution in [0, 0.1) is 0 Å². The highest BCUT2D eigenvalue weighted by molar-refractivity contribution is 6.05. The first-order valence-corrected chi connectivity index (χ1v) is 9.89. The fourth-order valence-electron chi connectivity index (χ4n) is 3.59. The quantitative estimate of drug-likeness (QED) is 0.589. The second-order valence-corrected chi connectivity index (χ2v) is 7.06. The Morgan fingerprint density at radius 1 is 1.07 bits per heavy atom. The monoisotopic (exact) mass is 391 g/mol. The topological polar surface area (TPSA) is 56.8 Å². The number of ketones is 1. The average molecular weight is 391 g/mol. The molecule has 4 rings (SSSR count). The third-order valence-electron chi connectivity index (χ3n) is 5.09. The maximum atomic E-state index is 13.0. The van der Waals surface area contributed by atoms with Crippen molar-refractivity contribution in [3.05, 3.63) is 71.3 Å². The van der Waals surface area contributed by atoms with Crippen LogP contribution in [-0.2, 0) is 15.9 Å². The Kier molecular flexibility index (Phi) is 5.79. The summed E-state index contributed by atoms with van der Waals surface area (Å²) in [6, 6.07) is 17.7. The van der Waals surface area contributed by atoms with Crippen LogP contribution in [0.4, 0.5) is 5.69 Å². The standard InChI is InChI=1S/C24H25NO4/c1-3-25-22-14-19(13-18-8-9-20(27-2)15-21(18)22)23(26)12-16-4-6-17(7-5-16)24-28-10-11-29-24/h4-9,13-15,24-25H,3,10-12H2,1-2H3. The Hall–Kier alpha value is -2.89. The van der Waals surface area contributed by atoms with Crippen molar-refractivity contribution in [2.45, 2.75) is 19.6 Å². The molecule has 0 bridgehead atoms. The molecule has 0 atom stereocenters. The number of nitrogens with one attached hydrogen (secondary N) is 1. The lowest BCUT2D eigenvalue weighted by molar-refractivity contribution is -0.0441. The van der Waals surface area contributed by atoms with Crippen molar-refractivity contribution >= 4 is 22.2 Å². The van der Waals surface area contributed by atoms with E-state index in [2.05, 4.69) is 5.32 Å². The number of carbonyl (C=O) groups is 1. The Bertz CT molecular complexity index is 1010. The molecule has 1 aliphatic rings. The summed E-state index contributed by atoms with van der Waals surface area (Å²) in [4.78, 5) is 13.0. The van der Waals surface area contributed by atoms with Gasteiger partial charge in [0.1, 0.15) is 5.75 Å². The fourth-order valence-corrected chi connectivity index (χ4v) is 3.59. The summed E-state index contributed by atoms with van der Waals surface area (Å²) >= 11 is 0. The van der Waals surface area contributed by atoms with E-state index in [0.29, 0.717) is 25.2 Å². The van der Waals surface area contributed by atoms with E-state index in [1.165, 1.54) is 0 Å². The number of hydrogen-bond acceptors (Lipinski definition) is 5. The van der Waals surface area contributed by atoms with E-state index in [-0.39, 0.29) is 12.1 Å². The third kappa shape index (κ3) is 4.26. The maximum Gasteiger partial charge on any atom is 0.184 e. The van der Waals surface area contributed by atoms with Crippen molar-refractivity contribution in [3.63, 3.8) is 0 Å². The number of benzene rings is 3. The van der Waals surface area contributed by atoms with Crippen LogP contribution in [0.15, 0.2) is 54.6 Å². The minimum atomic E-state index is -0.292. The van der Waals surface area contributed by atoms with Crippen molar-refractivity contribution in [2.24, 2.45) is 0 Å². The summed E-state index contributed by atoms with van der Waals surface area (Å²) in [6.07, 6.45) is 0.0554. The van der Waals surface area contributed by atoms with E-state index >= 15 is 0 Å². The molecule has 29 heavy (non-hydrogen) atoms. The van der Waals surface area contributed by atoms with Gasteiger partial charge in [0.05, 0.1) is 20.3 Å². The Morgan fingerprint density at radius 2 is 1.83 bits per heavy atom. The number of hydrogen-bond donors (Lipinski definition) is 1. The average Bonchev–Trinajstić information content (AvgIpc) is 3.29. The summed E-state index contributed by atoms with van der Waals surface area (Å²) < 4.78 is 16.4. The van der Waals surface area contributed by atoms with Gasteiger partial charge in [-0.1, -0.05) is 30.3 Å². The lowest BCUT2D eigenvalue weighted by Crippen LogP contribution is -2.06. The summed E-state index contributed by atoms with van der Waals surface area (Å²) in [5, 5.41) is 5.42. The molecule has 0 spiro atoms. The van der Waals surface area contributed by atoms with Crippen LogP contribution in [-0.4, -0.2) is 32.7 Å². The maximum absolute atomic E-state index is 13.0. The van der Waals surface area contributed by atoms with Crippen molar-refractivity contribution in [1.29, 1.82) is 0 Å². The van der Waals surface area contributed by atoms with Crippen molar-refractivity contribution in [3.8, 4) is 5.75 Å². The SMILES string of the molecule is CCNc1cc(C(=O)Cc2ccc(C3OCCO3)cc2)cc2ccc(OC)cc12. The molecule has 1 aliphatic heterocycles. The normalized spacial score (nSPS) is 14.3. The summed E-state index contributed by atoms with van der Waals surface area (Å²) in [5.41, 5.74) is 3.59. The van der Waals surface area contributed by atoms with E-state index in [1.54, 1.807) is 7.11 Å². The van der Waals surface area contributed by atoms with Gasteiger partial charge < -0.3 is 19.5 Å². The minimum absolute atomic E-state index is 0.0861. The molecule has 5 nitrogen and oxygen atoms in total. The molecule has 3 aromatic rings. The number of anilines is 1. The van der Waals surface area contributed by atoms with Gasteiger partial charge in [-0.05, 0) is 42.1 Å². The molecule has 0 amide bonds. The predicted molar refractivity (Wildman–Crippen MR) is 114 cm³/mol. The zero-order valence-corrected chi connectivity index (χ0v) is 16.7. The van der Waals surface area contributed by atoms with Gasteiger partial charge in [-0.2, -0.15) is 0 Å². The molecule has 0 saturated carbocycles. The molecular weight excluding hydrogens is 366 g/mol. The molecule has 1 fully saturated rings. The van der Waals surface area contributed by atoms with Gasteiger partial charge in [-0.3, -0.25) is 4.79 Å². The Balaban J connectivity index is 1.57. The van der Waals surface area contributed by atoms with Gasteiger partial charge >= 0.3 is 0 Å². The van der Waals surface area contributed by atoms with Gasteiger partial charge in [0.2, 0.25) is 0 Å². The highest BCUT2D eigenvalue weighted by Gasteiger charge is 2.18. The molecular formula is C24H25NO4. The largest absolute Gasteiger partial charge is 0.497 e. The fraction of sp³-hybridized carbons (Fsp3) is 0.292. The van der Waals surface area contributed by atoms with E-state index in [1.807, 2.05) is 61.5 Å². The van der Waals surface area contributed by atoms with E-state index in [4.69, 9.17) is 14.2 Å². The van der Waals surface area contributed by atoms with Crippen LogP contribution in [0.2, 0.25) is 0 Å². The van der Waals surface area contributed by atoms with Crippen LogP contribution in [0.5, 0.6) is 5.75 Å². The molecule has 0 aliphatic carbocycles. The summed E-state index contributed by atoms with van der Waals surface area (Å²) in [5.74, 6) is 0.883. The molecule has 1 N–H and O–H groups in total. The second kappa shape index (κ2) is 8.64. The number of ether oxygens (including phenoxy) is 3. The van der Waals surface area contributed by atoms with Crippen molar-refractivity contribution < 1.29 is 19.0 Å². The third-order valence-corrected chi connectivity index (χ3v) is 5.09. The molecule has 1 saturated heterocycles. The smallest absolute Gasteiger partial charge is 0.184 e. The first kappa shape index (κ1) is 19.4. The van der Waals surface area contributed by atoms with Crippen molar-refractivity contribution in [2.75, 3.05) is 32.2 Å². The molecule has 0 aromatic heterocycles. The Labute approximate surface area is 170 Å². The lowest BCUT2D eigenvalue weighted by Gasteiger charge is -2.13. The highest BCUT2D eigenvalue weighted by atomic mass is 16.7. The minimum Gasteiger partial charge on any atom is -0.497 e. The zero-order chi connectivity index (χ0) is 20.2. The van der Waals surface area contributed by atoms with Crippen LogP contribution < -0.4 is 10.1 Å². The van der Waals surface area contributed by atoms with Gasteiger partial charge in [0.15, 0.2) is 12.1 Å². The summed E-state index contributed by atoms with van der Waals surface area (Å²) in [6.45, 7) is 4.05. The number of fused-ring (bicyclic) bond motifs is 1.